The van der Waals surface area contributed by atoms with E-state index in [9.17, 15) is 13.2 Å². The number of nitrogens with one attached hydrogen (secondary N) is 2. The van der Waals surface area contributed by atoms with Crippen molar-refractivity contribution in [1.82, 2.24) is 9.44 Å². The number of hydrogen-bond acceptors (Lipinski definition) is 4. The van der Waals surface area contributed by atoms with Gasteiger partial charge in [0.05, 0.1) is 0 Å². The van der Waals surface area contributed by atoms with Crippen molar-refractivity contribution in [2.24, 2.45) is 11.7 Å². The highest BCUT2D eigenvalue weighted by Gasteiger charge is 2.16. The molecule has 0 aromatic heterocycles. The first kappa shape index (κ1) is 14.3. The zero-order valence-corrected chi connectivity index (χ0v) is 9.54. The van der Waals surface area contributed by atoms with Gasteiger partial charge in [-0.05, 0) is 5.92 Å². The summed E-state index contributed by atoms with van der Waals surface area (Å²) in [5.41, 5.74) is 5.13. The fraction of sp³-hybridized carbons (Fsp3) is 0.857. The van der Waals surface area contributed by atoms with E-state index in [4.69, 9.17) is 10.8 Å². The normalized spacial score (nSPS) is 14.1. The number of nitrogens with two attached hydrogens (primary N) is 1. The average molecular weight is 239 g/mol. The number of carboxylic acid groups (broad SMARTS) is 1. The second-order valence-electron chi connectivity index (χ2n) is 3.54. The van der Waals surface area contributed by atoms with Crippen LogP contribution in [0.3, 0.4) is 0 Å². The van der Waals surface area contributed by atoms with Crippen LogP contribution in [0.25, 0.3) is 0 Å². The molecule has 0 aliphatic heterocycles. The van der Waals surface area contributed by atoms with Gasteiger partial charge in [-0.1, -0.05) is 13.8 Å². The lowest BCUT2D eigenvalue weighted by Crippen LogP contribution is -2.46. The van der Waals surface area contributed by atoms with Gasteiger partial charge in [0.1, 0.15) is 6.04 Å². The van der Waals surface area contributed by atoms with Crippen molar-refractivity contribution < 1.29 is 18.3 Å². The quantitative estimate of drug-likeness (QED) is 0.430. The fourth-order valence-corrected chi connectivity index (χ4v) is 1.67. The molecular formula is C7H17N3O4S. The monoisotopic (exact) mass is 239 g/mol. The van der Waals surface area contributed by atoms with Crippen molar-refractivity contribution in [2.45, 2.75) is 19.9 Å². The van der Waals surface area contributed by atoms with E-state index < -0.39 is 22.2 Å². The first-order valence-electron chi connectivity index (χ1n) is 4.47. The summed E-state index contributed by atoms with van der Waals surface area (Å²) in [5, 5.41) is 8.42. The first-order chi connectivity index (χ1) is 6.74. The maximum Gasteiger partial charge on any atom is 0.321 e. The fourth-order valence-electron chi connectivity index (χ4n) is 0.614. The summed E-state index contributed by atoms with van der Waals surface area (Å²) in [4.78, 5) is 10.3. The molecule has 0 radical (unpaired) electrons. The van der Waals surface area contributed by atoms with Gasteiger partial charge in [-0.3, -0.25) is 4.79 Å². The van der Waals surface area contributed by atoms with Gasteiger partial charge in [-0.2, -0.15) is 8.42 Å². The van der Waals surface area contributed by atoms with Gasteiger partial charge in [0.15, 0.2) is 0 Å². The Morgan fingerprint density at radius 1 is 1.33 bits per heavy atom. The third kappa shape index (κ3) is 7.25. The third-order valence-corrected chi connectivity index (χ3v) is 2.59. The van der Waals surface area contributed by atoms with Crippen LogP contribution in [0.2, 0.25) is 0 Å². The summed E-state index contributed by atoms with van der Waals surface area (Å²) in [5.74, 6) is -1.07. The van der Waals surface area contributed by atoms with Crippen LogP contribution in [-0.4, -0.2) is 38.6 Å². The molecule has 0 unspecified atom stereocenters. The molecule has 0 heterocycles. The van der Waals surface area contributed by atoms with E-state index in [1.807, 2.05) is 13.8 Å². The van der Waals surface area contributed by atoms with Crippen LogP contribution in [0.5, 0.6) is 0 Å². The van der Waals surface area contributed by atoms with E-state index >= 15 is 0 Å². The van der Waals surface area contributed by atoms with Gasteiger partial charge in [0.25, 0.3) is 10.2 Å². The predicted octanol–water partition coefficient (Wildman–Crippen LogP) is -1.52. The Bertz CT molecular complexity index is 301. The lowest BCUT2D eigenvalue weighted by atomic mass is 10.2. The van der Waals surface area contributed by atoms with E-state index in [0.717, 1.165) is 0 Å². The molecule has 0 bridgehead atoms. The highest BCUT2D eigenvalue weighted by molar-refractivity contribution is 7.87. The molecule has 8 heteroatoms. The summed E-state index contributed by atoms with van der Waals surface area (Å²) < 4.78 is 26.7. The Labute approximate surface area is 89.2 Å². The van der Waals surface area contributed by atoms with Crippen molar-refractivity contribution >= 4 is 16.2 Å². The number of carboxylic acids is 1. The molecule has 0 aromatic rings. The smallest absolute Gasteiger partial charge is 0.321 e. The summed E-state index contributed by atoms with van der Waals surface area (Å²) in [6, 6.07) is -1.24. The van der Waals surface area contributed by atoms with Crippen molar-refractivity contribution in [2.75, 3.05) is 13.1 Å². The number of carbonyl (C=O) groups is 1. The topological polar surface area (TPSA) is 122 Å². The minimum absolute atomic E-state index is 0.176. The molecule has 7 nitrogen and oxygen atoms in total. The Balaban J connectivity index is 4.00. The van der Waals surface area contributed by atoms with Gasteiger partial charge in [-0.15, -0.1) is 0 Å². The molecule has 90 valence electrons. The van der Waals surface area contributed by atoms with Crippen LogP contribution in [0.1, 0.15) is 13.8 Å². The first-order valence-corrected chi connectivity index (χ1v) is 5.95. The molecule has 0 amide bonds. The van der Waals surface area contributed by atoms with Gasteiger partial charge < -0.3 is 10.8 Å². The summed E-state index contributed by atoms with van der Waals surface area (Å²) in [7, 11) is -3.65. The van der Waals surface area contributed by atoms with Crippen LogP contribution in [0.4, 0.5) is 0 Å². The van der Waals surface area contributed by atoms with Gasteiger partial charge in [0, 0.05) is 13.1 Å². The molecule has 5 N–H and O–H groups in total. The van der Waals surface area contributed by atoms with Crippen LogP contribution in [0, 0.1) is 5.92 Å². The van der Waals surface area contributed by atoms with Crippen molar-refractivity contribution in [1.29, 1.82) is 0 Å². The zero-order valence-electron chi connectivity index (χ0n) is 8.73. The second kappa shape index (κ2) is 6.01. The van der Waals surface area contributed by atoms with Crippen molar-refractivity contribution in [3.63, 3.8) is 0 Å². The molecule has 0 aliphatic carbocycles. The van der Waals surface area contributed by atoms with Crippen LogP contribution in [0.15, 0.2) is 0 Å². The Hall–Kier alpha value is -0.700. The molecule has 15 heavy (non-hydrogen) atoms. The minimum Gasteiger partial charge on any atom is -0.480 e. The molecule has 0 aliphatic rings. The minimum atomic E-state index is -3.65. The molecule has 1 atom stereocenters. The third-order valence-electron chi connectivity index (χ3n) is 1.49. The zero-order chi connectivity index (χ0) is 12.1. The molecule has 0 saturated carbocycles. The lowest BCUT2D eigenvalue weighted by Gasteiger charge is -2.11. The highest BCUT2D eigenvalue weighted by atomic mass is 32.2. The standard InChI is InChI=1S/C7H17N3O4S/c1-5(2)3-9-15(13,14)10-4-6(8)7(11)12/h5-6,9-10H,3-4,8H2,1-2H3,(H,11,12)/t6-/m0/s1. The molecule has 0 aromatic carbocycles. The largest absolute Gasteiger partial charge is 0.480 e. The molecule has 0 spiro atoms. The predicted molar refractivity (Wildman–Crippen MR) is 55.4 cm³/mol. The SMILES string of the molecule is CC(C)CNS(=O)(=O)NC[C@H](N)C(=O)O. The van der Waals surface area contributed by atoms with Crippen molar-refractivity contribution in [3.8, 4) is 0 Å². The van der Waals surface area contributed by atoms with E-state index in [-0.39, 0.29) is 19.0 Å². The van der Waals surface area contributed by atoms with E-state index in [1.165, 1.54) is 0 Å². The van der Waals surface area contributed by atoms with Gasteiger partial charge >= 0.3 is 5.97 Å². The lowest BCUT2D eigenvalue weighted by molar-refractivity contribution is -0.138. The van der Waals surface area contributed by atoms with E-state index in [1.54, 1.807) is 0 Å². The van der Waals surface area contributed by atoms with Gasteiger partial charge in [0.2, 0.25) is 0 Å². The summed E-state index contributed by atoms with van der Waals surface area (Å²) in [6.45, 7) is 3.66. The molecular weight excluding hydrogens is 222 g/mol. The highest BCUT2D eigenvalue weighted by Crippen LogP contribution is 1.89. The maximum atomic E-state index is 11.2. The Kier molecular flexibility index (Phi) is 5.73. The second-order valence-corrected chi connectivity index (χ2v) is 5.12. The summed E-state index contributed by atoms with van der Waals surface area (Å²) >= 11 is 0. The van der Waals surface area contributed by atoms with Crippen LogP contribution in [-0.2, 0) is 15.0 Å². The van der Waals surface area contributed by atoms with Crippen molar-refractivity contribution in [3.05, 3.63) is 0 Å². The molecule has 0 saturated heterocycles. The van der Waals surface area contributed by atoms with Crippen LogP contribution < -0.4 is 15.2 Å². The summed E-state index contributed by atoms with van der Waals surface area (Å²) in [6.07, 6.45) is 0. The molecule has 0 rings (SSSR count). The van der Waals surface area contributed by atoms with Gasteiger partial charge in [-0.25, -0.2) is 9.44 Å². The Morgan fingerprint density at radius 3 is 2.20 bits per heavy atom. The maximum absolute atomic E-state index is 11.2. The van der Waals surface area contributed by atoms with Crippen LogP contribution >= 0.6 is 0 Å². The molecule has 0 fully saturated rings. The Morgan fingerprint density at radius 2 is 1.80 bits per heavy atom. The van der Waals surface area contributed by atoms with E-state index in [0.29, 0.717) is 0 Å². The average Bonchev–Trinajstić information content (AvgIpc) is 2.11. The number of aliphatic carboxylic acids is 1. The number of hydrogen-bond donors (Lipinski definition) is 4. The van der Waals surface area contributed by atoms with E-state index in [2.05, 4.69) is 9.44 Å². The number of rotatable bonds is 7.